The topological polar surface area (TPSA) is 53.0 Å². The first-order chi connectivity index (χ1) is 15.7. The van der Waals surface area contributed by atoms with Crippen molar-refractivity contribution < 1.29 is 14.6 Å². The van der Waals surface area contributed by atoms with Crippen molar-refractivity contribution in [1.29, 1.82) is 0 Å². The summed E-state index contributed by atoms with van der Waals surface area (Å²) in [5.41, 5.74) is 5.23. The van der Waals surface area contributed by atoms with Gasteiger partial charge in [-0.2, -0.15) is 5.01 Å². The number of hydrazine groups is 1. The summed E-state index contributed by atoms with van der Waals surface area (Å²) in [5, 5.41) is 14.9. The van der Waals surface area contributed by atoms with E-state index < -0.39 is 6.09 Å². The second kappa shape index (κ2) is 8.12. The Morgan fingerprint density at radius 1 is 0.844 bits per heavy atom. The minimum Gasteiger partial charge on any atom is -0.505 e. The minimum absolute atomic E-state index is 0.0202. The minimum atomic E-state index is -0.563. The van der Waals surface area contributed by atoms with Gasteiger partial charge < -0.3 is 9.84 Å². The van der Waals surface area contributed by atoms with E-state index in [0.29, 0.717) is 16.8 Å². The van der Waals surface area contributed by atoms with Gasteiger partial charge in [0, 0.05) is 17.3 Å². The lowest BCUT2D eigenvalue weighted by Gasteiger charge is -2.42. The quantitative estimate of drug-likeness (QED) is 0.550. The largest absolute Gasteiger partial charge is 0.505 e. The monoisotopic (exact) mass is 422 g/mol. The summed E-state index contributed by atoms with van der Waals surface area (Å²) < 4.78 is 5.40. The first-order valence-electron chi connectivity index (χ1n) is 10.5. The maximum Gasteiger partial charge on any atom is 0.434 e. The number of ether oxygens (including phenoxy) is 1. The second-order valence-corrected chi connectivity index (χ2v) is 7.41. The number of carbonyl (C=O) groups excluding carboxylic acids is 1. The van der Waals surface area contributed by atoms with Crippen LogP contribution in [0.4, 0.5) is 4.79 Å². The van der Waals surface area contributed by atoms with E-state index in [9.17, 15) is 9.90 Å². The molecule has 0 saturated carbocycles. The number of nitrogens with zero attached hydrogens (tertiary/aromatic N) is 2. The Hall–Kier alpha value is -4.25. The maximum absolute atomic E-state index is 13.2. The van der Waals surface area contributed by atoms with E-state index in [1.807, 2.05) is 97.2 Å². The first kappa shape index (κ1) is 19.7. The van der Waals surface area contributed by atoms with E-state index in [-0.39, 0.29) is 12.4 Å². The number of benzene rings is 3. The summed E-state index contributed by atoms with van der Waals surface area (Å²) in [6, 6.07) is 27.0. The van der Waals surface area contributed by atoms with Crippen molar-refractivity contribution >= 4 is 29.1 Å². The van der Waals surface area contributed by atoms with Gasteiger partial charge >= 0.3 is 6.09 Å². The molecule has 2 aliphatic heterocycles. The van der Waals surface area contributed by atoms with Gasteiger partial charge in [0.05, 0.1) is 17.9 Å². The molecule has 5 nitrogen and oxygen atoms in total. The fourth-order valence-corrected chi connectivity index (χ4v) is 4.16. The molecule has 0 aliphatic carbocycles. The molecule has 1 amide bonds. The van der Waals surface area contributed by atoms with Crippen LogP contribution in [0.5, 0.6) is 0 Å². The van der Waals surface area contributed by atoms with Crippen molar-refractivity contribution in [2.45, 2.75) is 6.92 Å². The second-order valence-electron chi connectivity index (χ2n) is 7.41. The van der Waals surface area contributed by atoms with Crippen molar-refractivity contribution in [1.82, 2.24) is 10.0 Å². The molecule has 0 radical (unpaired) electrons. The van der Waals surface area contributed by atoms with Crippen LogP contribution in [0.3, 0.4) is 0 Å². The smallest absolute Gasteiger partial charge is 0.434 e. The molecule has 2 aliphatic rings. The van der Waals surface area contributed by atoms with Crippen molar-refractivity contribution in [3.05, 3.63) is 119 Å². The zero-order valence-corrected chi connectivity index (χ0v) is 17.6. The third-order valence-corrected chi connectivity index (χ3v) is 5.52. The van der Waals surface area contributed by atoms with E-state index >= 15 is 0 Å². The highest BCUT2D eigenvalue weighted by atomic mass is 16.6. The molecule has 3 aromatic rings. The Bertz CT molecular complexity index is 1260. The van der Waals surface area contributed by atoms with Gasteiger partial charge in [-0.1, -0.05) is 84.9 Å². The van der Waals surface area contributed by atoms with Crippen LogP contribution in [-0.2, 0) is 4.74 Å². The van der Waals surface area contributed by atoms with Gasteiger partial charge in [0.2, 0.25) is 0 Å². The van der Waals surface area contributed by atoms with Crippen molar-refractivity contribution in [2.24, 2.45) is 0 Å². The third kappa shape index (κ3) is 3.15. The Balaban J connectivity index is 1.86. The molecular formula is C27H22N2O3. The molecule has 0 spiro atoms. The zero-order valence-electron chi connectivity index (χ0n) is 17.6. The molecule has 3 aromatic carbocycles. The number of fused-ring (bicyclic) bond motifs is 3. The molecule has 1 N–H and O–H groups in total. The molecule has 0 saturated heterocycles. The predicted octanol–water partition coefficient (Wildman–Crippen LogP) is 6.16. The summed E-state index contributed by atoms with van der Waals surface area (Å²) in [4.78, 5) is 13.2. The van der Waals surface area contributed by atoms with Crippen molar-refractivity contribution in [3.8, 4) is 0 Å². The molecule has 0 atom stereocenters. The van der Waals surface area contributed by atoms with Crippen LogP contribution in [-0.4, -0.2) is 27.8 Å². The average Bonchev–Trinajstić information content (AvgIpc) is 2.84. The third-order valence-electron chi connectivity index (χ3n) is 5.52. The summed E-state index contributed by atoms with van der Waals surface area (Å²) in [5.74, 6) is 0.0202. The molecule has 0 bridgehead atoms. The molecular weight excluding hydrogens is 400 g/mol. The SMILES string of the molecule is CCOC(=O)N1C(c2ccccc2)=C(O)C(c2ccccc2)=C2c3ccccc3C=CN21. The number of aliphatic hydroxyl groups is 1. The Kier molecular flexibility index (Phi) is 5.00. The van der Waals surface area contributed by atoms with Crippen LogP contribution in [0.25, 0.3) is 23.0 Å². The van der Waals surface area contributed by atoms with Crippen molar-refractivity contribution in [2.75, 3.05) is 6.61 Å². The number of hydrogen-bond donors (Lipinski definition) is 1. The average molecular weight is 422 g/mol. The summed E-state index contributed by atoms with van der Waals surface area (Å²) >= 11 is 0. The summed E-state index contributed by atoms with van der Waals surface area (Å²) in [6.07, 6.45) is 3.23. The van der Waals surface area contributed by atoms with Gasteiger partial charge in [-0.05, 0) is 24.1 Å². The molecule has 158 valence electrons. The van der Waals surface area contributed by atoms with Crippen LogP contribution in [0, 0.1) is 0 Å². The lowest BCUT2D eigenvalue weighted by molar-refractivity contribution is 0.0775. The van der Waals surface area contributed by atoms with Crippen molar-refractivity contribution in [3.63, 3.8) is 0 Å². The lowest BCUT2D eigenvalue weighted by Crippen LogP contribution is -2.45. The number of rotatable bonds is 3. The predicted molar refractivity (Wildman–Crippen MR) is 125 cm³/mol. The van der Waals surface area contributed by atoms with E-state index in [0.717, 1.165) is 22.4 Å². The van der Waals surface area contributed by atoms with E-state index in [2.05, 4.69) is 0 Å². The highest BCUT2D eigenvalue weighted by molar-refractivity contribution is 6.06. The number of carbonyl (C=O) groups is 1. The molecule has 5 heteroatoms. The lowest BCUT2D eigenvalue weighted by atomic mass is 9.90. The van der Waals surface area contributed by atoms with E-state index in [1.54, 1.807) is 11.9 Å². The van der Waals surface area contributed by atoms with Crippen LogP contribution < -0.4 is 0 Å². The number of allylic oxidation sites excluding steroid dienone is 1. The molecule has 0 aromatic heterocycles. The van der Waals surface area contributed by atoms with Crippen LogP contribution in [0.2, 0.25) is 0 Å². The van der Waals surface area contributed by atoms with Gasteiger partial charge in [0.1, 0.15) is 5.70 Å². The van der Waals surface area contributed by atoms with E-state index in [1.165, 1.54) is 5.01 Å². The molecule has 2 heterocycles. The van der Waals surface area contributed by atoms with Gasteiger partial charge in [0.15, 0.2) is 5.76 Å². The fourth-order valence-electron chi connectivity index (χ4n) is 4.16. The Labute approximate surface area is 186 Å². The molecule has 32 heavy (non-hydrogen) atoms. The number of hydrogen-bond acceptors (Lipinski definition) is 4. The summed E-state index contributed by atoms with van der Waals surface area (Å²) in [6.45, 7) is 1.98. The molecule has 0 fully saturated rings. The highest BCUT2D eigenvalue weighted by Crippen LogP contribution is 2.46. The van der Waals surface area contributed by atoms with Crippen LogP contribution in [0.15, 0.2) is 96.9 Å². The molecule has 0 unspecified atom stereocenters. The Morgan fingerprint density at radius 3 is 2.16 bits per heavy atom. The normalized spacial score (nSPS) is 14.9. The standard InChI is InChI=1S/C27H22N2O3/c1-2-32-27(31)29-24(21-14-7-4-8-15-21)26(30)23(20-12-5-3-6-13-20)25-22-16-10-9-11-19(22)17-18-28(25)29/h3-18,30H,2H2,1H3. The maximum atomic E-state index is 13.2. The van der Waals surface area contributed by atoms with Crippen LogP contribution in [0.1, 0.15) is 29.2 Å². The summed E-state index contributed by atoms with van der Waals surface area (Å²) in [7, 11) is 0. The van der Waals surface area contributed by atoms with Gasteiger partial charge in [-0.3, -0.25) is 0 Å². The number of amides is 1. The van der Waals surface area contributed by atoms with Crippen LogP contribution >= 0.6 is 0 Å². The van der Waals surface area contributed by atoms with Gasteiger partial charge in [-0.15, -0.1) is 0 Å². The zero-order chi connectivity index (χ0) is 22.1. The number of aliphatic hydroxyl groups excluding tert-OH is 1. The highest BCUT2D eigenvalue weighted by Gasteiger charge is 2.40. The fraction of sp³-hybridized carbons (Fsp3) is 0.0741. The van der Waals surface area contributed by atoms with E-state index in [4.69, 9.17) is 4.74 Å². The van der Waals surface area contributed by atoms with Gasteiger partial charge in [0.25, 0.3) is 0 Å². The van der Waals surface area contributed by atoms with Gasteiger partial charge in [-0.25, -0.2) is 9.80 Å². The first-order valence-corrected chi connectivity index (χ1v) is 10.5. The molecule has 5 rings (SSSR count). The Morgan fingerprint density at radius 2 is 1.47 bits per heavy atom.